The first-order valence-electron chi connectivity index (χ1n) is 4.94. The predicted octanol–water partition coefficient (Wildman–Crippen LogP) is 1.90. The van der Waals surface area contributed by atoms with Gasteiger partial charge in [0, 0.05) is 5.97 Å². The third-order valence-electron chi connectivity index (χ3n) is 2.14. The lowest BCUT2D eigenvalue weighted by Gasteiger charge is -2.10. The SMILES string of the molecule is CCC/C(C)=C/CCC(C)C(=O)[O-]. The molecule has 0 spiro atoms. The van der Waals surface area contributed by atoms with Crippen molar-refractivity contribution in [1.29, 1.82) is 0 Å². The van der Waals surface area contributed by atoms with E-state index in [4.69, 9.17) is 0 Å². The molecule has 0 amide bonds. The number of carbonyl (C=O) groups excluding carboxylic acids is 1. The molecule has 0 heterocycles. The highest BCUT2D eigenvalue weighted by Crippen LogP contribution is 2.09. The first-order chi connectivity index (χ1) is 6.07. The van der Waals surface area contributed by atoms with Crippen LogP contribution in [0.4, 0.5) is 0 Å². The van der Waals surface area contributed by atoms with Crippen LogP contribution in [0, 0.1) is 5.92 Å². The quantitative estimate of drug-likeness (QED) is 0.590. The van der Waals surface area contributed by atoms with Crippen LogP contribution in [0.3, 0.4) is 0 Å². The van der Waals surface area contributed by atoms with Gasteiger partial charge in [0.25, 0.3) is 0 Å². The van der Waals surface area contributed by atoms with Crippen molar-refractivity contribution >= 4 is 5.97 Å². The number of carbonyl (C=O) groups is 1. The molecule has 0 bridgehead atoms. The molecule has 0 aromatic heterocycles. The van der Waals surface area contributed by atoms with E-state index in [1.807, 2.05) is 0 Å². The van der Waals surface area contributed by atoms with E-state index in [2.05, 4.69) is 19.9 Å². The molecule has 0 aromatic rings. The first kappa shape index (κ1) is 12.2. The Morgan fingerprint density at radius 2 is 2.15 bits per heavy atom. The molecule has 0 fully saturated rings. The fraction of sp³-hybridized carbons (Fsp3) is 0.727. The van der Waals surface area contributed by atoms with Crippen molar-refractivity contribution in [3.8, 4) is 0 Å². The largest absolute Gasteiger partial charge is 0.550 e. The van der Waals surface area contributed by atoms with E-state index in [0.29, 0.717) is 6.42 Å². The summed E-state index contributed by atoms with van der Waals surface area (Å²) in [6, 6.07) is 0. The Morgan fingerprint density at radius 3 is 2.62 bits per heavy atom. The van der Waals surface area contributed by atoms with Gasteiger partial charge in [0.1, 0.15) is 0 Å². The minimum absolute atomic E-state index is 0.328. The van der Waals surface area contributed by atoms with E-state index < -0.39 is 5.97 Å². The van der Waals surface area contributed by atoms with E-state index in [9.17, 15) is 9.90 Å². The maximum absolute atomic E-state index is 10.4. The molecule has 1 unspecified atom stereocenters. The molecular formula is C11H19O2-. The van der Waals surface area contributed by atoms with Crippen LogP contribution in [-0.2, 0) is 4.79 Å². The van der Waals surface area contributed by atoms with E-state index in [1.54, 1.807) is 6.92 Å². The zero-order valence-electron chi connectivity index (χ0n) is 8.80. The Hall–Kier alpha value is -0.790. The van der Waals surface area contributed by atoms with Crippen molar-refractivity contribution < 1.29 is 9.90 Å². The zero-order chi connectivity index (χ0) is 10.3. The monoisotopic (exact) mass is 183 g/mol. The molecule has 2 heteroatoms. The summed E-state index contributed by atoms with van der Waals surface area (Å²) in [5.41, 5.74) is 1.35. The highest BCUT2D eigenvalue weighted by atomic mass is 16.4. The molecule has 0 saturated carbocycles. The summed E-state index contributed by atoms with van der Waals surface area (Å²) in [7, 11) is 0. The van der Waals surface area contributed by atoms with Gasteiger partial charge in [0.2, 0.25) is 0 Å². The standard InChI is InChI=1S/C11H20O2/c1-4-6-9(2)7-5-8-10(3)11(12)13/h7,10H,4-6,8H2,1-3H3,(H,12,13)/p-1/b9-7+. The average Bonchev–Trinajstić information content (AvgIpc) is 2.04. The number of carboxylic acid groups (broad SMARTS) is 1. The Morgan fingerprint density at radius 1 is 1.54 bits per heavy atom. The molecule has 0 aromatic carbocycles. The van der Waals surface area contributed by atoms with Crippen molar-refractivity contribution in [3.63, 3.8) is 0 Å². The van der Waals surface area contributed by atoms with Crippen molar-refractivity contribution in [2.75, 3.05) is 0 Å². The zero-order valence-corrected chi connectivity index (χ0v) is 8.80. The van der Waals surface area contributed by atoms with Gasteiger partial charge in [0.05, 0.1) is 0 Å². The summed E-state index contributed by atoms with van der Waals surface area (Å²) in [6.45, 7) is 5.92. The molecule has 2 nitrogen and oxygen atoms in total. The smallest absolute Gasteiger partial charge is 0.0442 e. The van der Waals surface area contributed by atoms with Crippen LogP contribution in [-0.4, -0.2) is 5.97 Å². The van der Waals surface area contributed by atoms with Gasteiger partial charge >= 0.3 is 0 Å². The third-order valence-corrected chi connectivity index (χ3v) is 2.14. The second-order valence-corrected chi connectivity index (χ2v) is 3.60. The van der Waals surface area contributed by atoms with Crippen LogP contribution in [0.25, 0.3) is 0 Å². The lowest BCUT2D eigenvalue weighted by atomic mass is 10.0. The highest BCUT2D eigenvalue weighted by Gasteiger charge is 2.00. The van der Waals surface area contributed by atoms with Crippen molar-refractivity contribution in [2.45, 2.75) is 46.5 Å². The highest BCUT2D eigenvalue weighted by molar-refractivity contribution is 5.66. The Bertz CT molecular complexity index is 183. The summed E-state index contributed by atoms with van der Waals surface area (Å²) in [5.74, 6) is -1.27. The number of hydrogen-bond donors (Lipinski definition) is 0. The molecule has 0 N–H and O–H groups in total. The van der Waals surface area contributed by atoms with Crippen LogP contribution < -0.4 is 5.11 Å². The topological polar surface area (TPSA) is 40.1 Å². The second-order valence-electron chi connectivity index (χ2n) is 3.60. The fourth-order valence-electron chi connectivity index (χ4n) is 1.19. The molecule has 0 aliphatic carbocycles. The Labute approximate surface area is 80.7 Å². The average molecular weight is 183 g/mol. The molecule has 0 saturated heterocycles. The van der Waals surface area contributed by atoms with Crippen molar-refractivity contribution in [3.05, 3.63) is 11.6 Å². The molecule has 1 atom stereocenters. The first-order valence-corrected chi connectivity index (χ1v) is 4.94. The van der Waals surface area contributed by atoms with Crippen LogP contribution >= 0.6 is 0 Å². The number of allylic oxidation sites excluding steroid dienone is 2. The van der Waals surface area contributed by atoms with Gasteiger partial charge in [-0.1, -0.05) is 31.9 Å². The lowest BCUT2D eigenvalue weighted by Crippen LogP contribution is -2.29. The molecule has 0 rings (SSSR count). The number of rotatable bonds is 6. The summed E-state index contributed by atoms with van der Waals surface area (Å²) >= 11 is 0. The lowest BCUT2D eigenvalue weighted by molar-refractivity contribution is -0.311. The van der Waals surface area contributed by atoms with Gasteiger partial charge in [-0.15, -0.1) is 0 Å². The minimum Gasteiger partial charge on any atom is -0.550 e. The molecule has 0 radical (unpaired) electrons. The maximum Gasteiger partial charge on any atom is 0.0442 e. The number of hydrogen-bond acceptors (Lipinski definition) is 2. The van der Waals surface area contributed by atoms with Gasteiger partial charge in [-0.2, -0.15) is 0 Å². The number of carboxylic acids is 1. The summed E-state index contributed by atoms with van der Waals surface area (Å²) in [5, 5.41) is 10.4. The van der Waals surface area contributed by atoms with Gasteiger partial charge < -0.3 is 9.90 Å². The van der Waals surface area contributed by atoms with Crippen molar-refractivity contribution in [1.82, 2.24) is 0 Å². The van der Waals surface area contributed by atoms with Gasteiger partial charge in [-0.3, -0.25) is 0 Å². The third kappa shape index (κ3) is 6.38. The van der Waals surface area contributed by atoms with Gasteiger partial charge in [-0.05, 0) is 32.1 Å². The molecule has 13 heavy (non-hydrogen) atoms. The van der Waals surface area contributed by atoms with Gasteiger partial charge in [0.15, 0.2) is 0 Å². The van der Waals surface area contributed by atoms with E-state index in [-0.39, 0.29) is 5.92 Å². The maximum atomic E-state index is 10.4. The van der Waals surface area contributed by atoms with Crippen LogP contribution in [0.5, 0.6) is 0 Å². The van der Waals surface area contributed by atoms with Crippen LogP contribution in [0.2, 0.25) is 0 Å². The van der Waals surface area contributed by atoms with E-state index in [1.165, 1.54) is 5.57 Å². The normalized spacial score (nSPS) is 14.2. The minimum atomic E-state index is -0.943. The molecule has 0 aliphatic rings. The van der Waals surface area contributed by atoms with Crippen LogP contribution in [0.15, 0.2) is 11.6 Å². The second kappa shape index (κ2) is 6.70. The fourth-order valence-corrected chi connectivity index (χ4v) is 1.19. The Kier molecular flexibility index (Phi) is 6.29. The van der Waals surface area contributed by atoms with E-state index >= 15 is 0 Å². The predicted molar refractivity (Wildman–Crippen MR) is 52.1 cm³/mol. The number of aliphatic carboxylic acids is 1. The molecule has 0 aliphatic heterocycles. The van der Waals surface area contributed by atoms with Crippen LogP contribution in [0.1, 0.15) is 46.5 Å². The van der Waals surface area contributed by atoms with E-state index in [0.717, 1.165) is 19.3 Å². The van der Waals surface area contributed by atoms with Crippen molar-refractivity contribution in [2.24, 2.45) is 5.92 Å². The summed E-state index contributed by atoms with van der Waals surface area (Å²) in [4.78, 5) is 10.4. The van der Waals surface area contributed by atoms with Gasteiger partial charge in [-0.25, -0.2) is 0 Å². The Balaban J connectivity index is 3.65. The summed E-state index contributed by atoms with van der Waals surface area (Å²) in [6.07, 6.45) is 5.92. The summed E-state index contributed by atoms with van der Waals surface area (Å²) < 4.78 is 0. The molecular weight excluding hydrogens is 164 g/mol. The molecule has 76 valence electrons.